The summed E-state index contributed by atoms with van der Waals surface area (Å²) in [5.41, 5.74) is 1.20. The third-order valence-corrected chi connectivity index (χ3v) is 3.08. The van der Waals surface area contributed by atoms with Gasteiger partial charge in [-0.2, -0.15) is 12.6 Å². The molecule has 1 N–H and O–H groups in total. The Kier molecular flexibility index (Phi) is 3.02. The van der Waals surface area contributed by atoms with Crippen LogP contribution in [0.15, 0.2) is 12.2 Å². The number of allylic oxidation sites excluding steroid dienone is 1. The van der Waals surface area contributed by atoms with Crippen LogP contribution in [-0.2, 0) is 0 Å². The monoisotopic (exact) mass is 172 g/mol. The Balaban J connectivity index is 2.46. The summed E-state index contributed by atoms with van der Waals surface area (Å²) >= 11 is 4.29. The van der Waals surface area contributed by atoms with Crippen LogP contribution in [0.5, 0.6) is 0 Å². The molecular formula is C9H16OS. The molecule has 0 aromatic carbocycles. The van der Waals surface area contributed by atoms with Gasteiger partial charge in [0.05, 0.1) is 6.10 Å². The van der Waals surface area contributed by atoms with Crippen LogP contribution in [0.2, 0.25) is 0 Å². The van der Waals surface area contributed by atoms with E-state index in [4.69, 9.17) is 0 Å². The first-order valence-corrected chi connectivity index (χ1v) is 4.64. The smallest absolute Gasteiger partial charge is 0.0662 e. The summed E-state index contributed by atoms with van der Waals surface area (Å²) in [6.45, 7) is 5.94. The Morgan fingerprint density at radius 2 is 2.18 bits per heavy atom. The topological polar surface area (TPSA) is 20.2 Å². The fraction of sp³-hybridized carbons (Fsp3) is 0.778. The van der Waals surface area contributed by atoms with Crippen LogP contribution in [-0.4, -0.2) is 16.5 Å². The molecule has 1 fully saturated rings. The van der Waals surface area contributed by atoms with Crippen molar-refractivity contribution in [2.24, 2.45) is 5.92 Å². The fourth-order valence-electron chi connectivity index (χ4n) is 1.58. The highest BCUT2D eigenvalue weighted by Crippen LogP contribution is 2.31. The highest BCUT2D eigenvalue weighted by Gasteiger charge is 2.26. The first-order valence-electron chi connectivity index (χ1n) is 4.12. The minimum absolute atomic E-state index is 0.186. The Morgan fingerprint density at radius 3 is 2.64 bits per heavy atom. The second-order valence-corrected chi connectivity index (χ2v) is 4.15. The minimum atomic E-state index is -0.228. The van der Waals surface area contributed by atoms with Gasteiger partial charge in [-0.15, -0.1) is 0 Å². The third kappa shape index (κ3) is 2.24. The van der Waals surface area contributed by atoms with Gasteiger partial charge in [0, 0.05) is 5.25 Å². The number of aliphatic hydroxyl groups is 1. The van der Waals surface area contributed by atoms with Crippen LogP contribution < -0.4 is 0 Å². The van der Waals surface area contributed by atoms with Gasteiger partial charge in [0.1, 0.15) is 0 Å². The van der Waals surface area contributed by atoms with Crippen molar-refractivity contribution in [3.63, 3.8) is 0 Å². The Hall–Kier alpha value is 0.0500. The lowest BCUT2D eigenvalue weighted by molar-refractivity contribution is 0.118. The van der Waals surface area contributed by atoms with Gasteiger partial charge < -0.3 is 5.11 Å². The van der Waals surface area contributed by atoms with Crippen LogP contribution in [0, 0.1) is 5.92 Å². The molecule has 1 aliphatic rings. The van der Waals surface area contributed by atoms with Gasteiger partial charge in [-0.05, 0) is 32.1 Å². The van der Waals surface area contributed by atoms with Crippen molar-refractivity contribution in [2.75, 3.05) is 0 Å². The zero-order valence-corrected chi connectivity index (χ0v) is 7.85. The van der Waals surface area contributed by atoms with E-state index in [0.717, 1.165) is 19.3 Å². The van der Waals surface area contributed by atoms with E-state index < -0.39 is 0 Å². The number of aliphatic hydroxyl groups excluding tert-OH is 1. The van der Waals surface area contributed by atoms with Gasteiger partial charge >= 0.3 is 0 Å². The van der Waals surface area contributed by atoms with E-state index >= 15 is 0 Å². The van der Waals surface area contributed by atoms with Crippen LogP contribution in [0.3, 0.4) is 0 Å². The summed E-state index contributed by atoms with van der Waals surface area (Å²) in [6.07, 6.45) is 2.78. The van der Waals surface area contributed by atoms with Crippen molar-refractivity contribution in [3.8, 4) is 0 Å². The molecule has 0 aromatic rings. The van der Waals surface area contributed by atoms with Gasteiger partial charge in [-0.25, -0.2) is 0 Å². The van der Waals surface area contributed by atoms with Crippen LogP contribution in [0.1, 0.15) is 26.2 Å². The van der Waals surface area contributed by atoms with Crippen molar-refractivity contribution in [1.82, 2.24) is 0 Å². The molecule has 11 heavy (non-hydrogen) atoms. The number of thiol groups is 1. The SMILES string of the molecule is C=C(C)[C@@H]1CCC(S)[C@@H](O)C1. The van der Waals surface area contributed by atoms with Crippen molar-refractivity contribution >= 4 is 12.6 Å². The van der Waals surface area contributed by atoms with E-state index in [1.807, 2.05) is 6.92 Å². The summed E-state index contributed by atoms with van der Waals surface area (Å²) in [5, 5.41) is 9.67. The molecular weight excluding hydrogens is 156 g/mol. The van der Waals surface area contributed by atoms with Crippen LogP contribution in [0.25, 0.3) is 0 Å². The fourth-order valence-corrected chi connectivity index (χ4v) is 1.85. The van der Waals surface area contributed by atoms with E-state index in [-0.39, 0.29) is 11.4 Å². The minimum Gasteiger partial charge on any atom is -0.392 e. The van der Waals surface area contributed by atoms with Gasteiger partial charge in [0.25, 0.3) is 0 Å². The molecule has 0 aliphatic heterocycles. The van der Waals surface area contributed by atoms with Crippen molar-refractivity contribution in [3.05, 3.63) is 12.2 Å². The molecule has 1 aliphatic carbocycles. The second-order valence-electron chi connectivity index (χ2n) is 3.49. The molecule has 0 heterocycles. The summed E-state index contributed by atoms with van der Waals surface area (Å²) in [6, 6.07) is 0. The maximum Gasteiger partial charge on any atom is 0.0662 e. The molecule has 0 radical (unpaired) electrons. The second kappa shape index (κ2) is 3.63. The summed E-state index contributed by atoms with van der Waals surface area (Å²) in [7, 11) is 0. The average molecular weight is 172 g/mol. The van der Waals surface area contributed by atoms with Gasteiger partial charge in [0.15, 0.2) is 0 Å². The molecule has 3 atom stereocenters. The molecule has 1 rings (SSSR count). The lowest BCUT2D eigenvalue weighted by atomic mass is 9.83. The maximum atomic E-state index is 9.48. The normalized spacial score (nSPS) is 38.6. The summed E-state index contributed by atoms with van der Waals surface area (Å²) < 4.78 is 0. The number of rotatable bonds is 1. The Morgan fingerprint density at radius 1 is 1.55 bits per heavy atom. The lowest BCUT2D eigenvalue weighted by Gasteiger charge is -2.30. The molecule has 0 spiro atoms. The average Bonchev–Trinajstić information content (AvgIpc) is 1.94. The van der Waals surface area contributed by atoms with E-state index in [1.165, 1.54) is 5.57 Å². The molecule has 0 saturated heterocycles. The van der Waals surface area contributed by atoms with Crippen molar-refractivity contribution in [2.45, 2.75) is 37.5 Å². The summed E-state index contributed by atoms with van der Waals surface area (Å²) in [4.78, 5) is 0. The van der Waals surface area contributed by atoms with Crippen molar-refractivity contribution in [1.29, 1.82) is 0 Å². The largest absolute Gasteiger partial charge is 0.392 e. The summed E-state index contributed by atoms with van der Waals surface area (Å²) in [5.74, 6) is 0.522. The third-order valence-electron chi connectivity index (χ3n) is 2.48. The molecule has 2 heteroatoms. The van der Waals surface area contributed by atoms with Gasteiger partial charge in [0.2, 0.25) is 0 Å². The number of hydrogen-bond donors (Lipinski definition) is 2. The van der Waals surface area contributed by atoms with Crippen LogP contribution in [0.4, 0.5) is 0 Å². The van der Waals surface area contributed by atoms with Crippen LogP contribution >= 0.6 is 12.6 Å². The molecule has 0 amide bonds. The Bertz CT molecular complexity index is 156. The highest BCUT2D eigenvalue weighted by atomic mass is 32.1. The first kappa shape index (κ1) is 9.14. The standard InChI is InChI=1S/C9H16OS/c1-6(2)7-3-4-9(11)8(10)5-7/h7-11H,1,3-5H2,2H3/t7-,8+,9?/m1/s1. The highest BCUT2D eigenvalue weighted by molar-refractivity contribution is 7.81. The number of hydrogen-bond acceptors (Lipinski definition) is 2. The quantitative estimate of drug-likeness (QED) is 0.458. The molecule has 0 aromatic heterocycles. The lowest BCUT2D eigenvalue weighted by Crippen LogP contribution is -2.30. The molecule has 64 valence electrons. The van der Waals surface area contributed by atoms with Gasteiger partial charge in [-0.3, -0.25) is 0 Å². The zero-order valence-electron chi connectivity index (χ0n) is 6.95. The van der Waals surface area contributed by atoms with E-state index in [1.54, 1.807) is 0 Å². The molecule has 1 unspecified atom stereocenters. The Labute approximate surface area is 73.9 Å². The van der Waals surface area contributed by atoms with Gasteiger partial charge in [-0.1, -0.05) is 12.2 Å². The molecule has 0 bridgehead atoms. The van der Waals surface area contributed by atoms with E-state index in [9.17, 15) is 5.11 Å². The maximum absolute atomic E-state index is 9.48. The predicted octanol–water partition coefficient (Wildman–Crippen LogP) is 2.02. The van der Waals surface area contributed by atoms with E-state index in [0.29, 0.717) is 5.92 Å². The molecule has 1 saturated carbocycles. The van der Waals surface area contributed by atoms with Crippen molar-refractivity contribution < 1.29 is 5.11 Å². The predicted molar refractivity (Wildman–Crippen MR) is 50.9 cm³/mol. The zero-order chi connectivity index (χ0) is 8.43. The first-order chi connectivity index (χ1) is 5.11. The molecule has 1 nitrogen and oxygen atoms in total. The van der Waals surface area contributed by atoms with E-state index in [2.05, 4.69) is 19.2 Å².